The van der Waals surface area contributed by atoms with Crippen molar-refractivity contribution >= 4 is 23.6 Å². The average Bonchev–Trinajstić information content (AvgIpc) is 3.07. The van der Waals surface area contributed by atoms with E-state index >= 15 is 0 Å². The van der Waals surface area contributed by atoms with Crippen LogP contribution in [0.4, 0.5) is 0 Å². The van der Waals surface area contributed by atoms with Crippen molar-refractivity contribution < 1.29 is 9.59 Å². The average molecular weight is 310 g/mol. The van der Waals surface area contributed by atoms with Crippen molar-refractivity contribution in [1.29, 1.82) is 0 Å². The minimum atomic E-state index is -0.578. The Bertz CT molecular complexity index is 426. The lowest BCUT2D eigenvalue weighted by atomic mass is 9.87. The Morgan fingerprint density at radius 2 is 2.00 bits per heavy atom. The van der Waals surface area contributed by atoms with Crippen molar-refractivity contribution in [2.75, 3.05) is 12.3 Å². The molecule has 1 spiro atoms. The maximum Gasteiger partial charge on any atom is 0.249 e. The number of thioether (sulfide) groups is 1. The Morgan fingerprint density at radius 3 is 2.57 bits per heavy atom. The van der Waals surface area contributed by atoms with Crippen LogP contribution in [0.25, 0.3) is 0 Å². The molecule has 2 amide bonds. The molecular weight excluding hydrogens is 284 g/mol. The largest absolute Gasteiger partial charge is 0.340 e. The molecule has 0 bridgehead atoms. The Labute approximate surface area is 131 Å². The fraction of sp³-hybridized carbons (Fsp3) is 0.875. The van der Waals surface area contributed by atoms with Gasteiger partial charge < -0.3 is 10.2 Å². The molecule has 2 heterocycles. The molecule has 4 nitrogen and oxygen atoms in total. The van der Waals surface area contributed by atoms with Gasteiger partial charge in [-0.1, -0.05) is 26.7 Å². The van der Waals surface area contributed by atoms with Gasteiger partial charge in [0.25, 0.3) is 0 Å². The molecule has 3 aliphatic rings. The molecule has 3 rings (SSSR count). The van der Waals surface area contributed by atoms with Crippen molar-refractivity contribution in [2.45, 2.75) is 69.2 Å². The van der Waals surface area contributed by atoms with Crippen LogP contribution >= 0.6 is 11.8 Å². The fourth-order valence-corrected chi connectivity index (χ4v) is 5.36. The van der Waals surface area contributed by atoms with Crippen molar-refractivity contribution in [1.82, 2.24) is 10.2 Å². The molecule has 0 aromatic rings. The van der Waals surface area contributed by atoms with Gasteiger partial charge in [-0.05, 0) is 37.4 Å². The van der Waals surface area contributed by atoms with E-state index in [1.807, 2.05) is 30.5 Å². The van der Waals surface area contributed by atoms with Gasteiger partial charge in [-0.25, -0.2) is 0 Å². The molecular formula is C16H26N2O2S. The number of nitrogens with one attached hydrogen (secondary N) is 1. The van der Waals surface area contributed by atoms with Crippen LogP contribution in [0.3, 0.4) is 0 Å². The van der Waals surface area contributed by atoms with Crippen molar-refractivity contribution in [2.24, 2.45) is 5.92 Å². The highest BCUT2D eigenvalue weighted by molar-refractivity contribution is 8.00. The van der Waals surface area contributed by atoms with Gasteiger partial charge in [0.05, 0.1) is 0 Å². The normalized spacial score (nSPS) is 32.2. The smallest absolute Gasteiger partial charge is 0.249 e. The topological polar surface area (TPSA) is 49.4 Å². The summed E-state index contributed by atoms with van der Waals surface area (Å²) in [7, 11) is 0. The van der Waals surface area contributed by atoms with Gasteiger partial charge in [-0.3, -0.25) is 9.59 Å². The summed E-state index contributed by atoms with van der Waals surface area (Å²) < 4.78 is 0. The molecule has 2 saturated heterocycles. The molecule has 1 aliphatic carbocycles. The first-order valence-corrected chi connectivity index (χ1v) is 9.33. The molecule has 2 aliphatic heterocycles. The minimum Gasteiger partial charge on any atom is -0.340 e. The lowest BCUT2D eigenvalue weighted by Gasteiger charge is -2.46. The highest BCUT2D eigenvalue weighted by Crippen LogP contribution is 2.37. The summed E-state index contributed by atoms with van der Waals surface area (Å²) in [5.41, 5.74) is -0.578. The van der Waals surface area contributed by atoms with E-state index < -0.39 is 5.54 Å². The second-order valence-electron chi connectivity index (χ2n) is 7.06. The molecule has 0 aromatic heterocycles. The van der Waals surface area contributed by atoms with Crippen LogP contribution in [0.2, 0.25) is 0 Å². The van der Waals surface area contributed by atoms with E-state index in [1.54, 1.807) is 0 Å². The van der Waals surface area contributed by atoms with E-state index in [2.05, 4.69) is 5.32 Å². The van der Waals surface area contributed by atoms with Gasteiger partial charge in [0.2, 0.25) is 11.8 Å². The molecule has 1 N–H and O–H groups in total. The second kappa shape index (κ2) is 5.82. The molecule has 118 valence electrons. The summed E-state index contributed by atoms with van der Waals surface area (Å²) in [5, 5.41) is 3.60. The van der Waals surface area contributed by atoms with Crippen LogP contribution in [-0.2, 0) is 9.59 Å². The second-order valence-corrected chi connectivity index (χ2v) is 8.47. The summed E-state index contributed by atoms with van der Waals surface area (Å²) in [6.45, 7) is 4.83. The van der Waals surface area contributed by atoms with E-state index in [0.717, 1.165) is 32.2 Å². The van der Waals surface area contributed by atoms with Crippen LogP contribution in [0.5, 0.6) is 0 Å². The van der Waals surface area contributed by atoms with Gasteiger partial charge in [-0.2, -0.15) is 11.8 Å². The molecule has 2 atom stereocenters. The lowest BCUT2D eigenvalue weighted by Crippen LogP contribution is -2.71. The monoisotopic (exact) mass is 310 g/mol. The lowest BCUT2D eigenvalue weighted by molar-refractivity contribution is -0.156. The van der Waals surface area contributed by atoms with E-state index in [9.17, 15) is 9.59 Å². The fourth-order valence-electron chi connectivity index (χ4n) is 4.09. The number of carbonyl (C=O) groups excluding carboxylic acids is 2. The van der Waals surface area contributed by atoms with Crippen molar-refractivity contribution in [3.63, 3.8) is 0 Å². The van der Waals surface area contributed by atoms with Crippen LogP contribution in [0, 0.1) is 5.92 Å². The van der Waals surface area contributed by atoms with Crippen molar-refractivity contribution in [3.8, 4) is 0 Å². The predicted molar refractivity (Wildman–Crippen MR) is 85.2 cm³/mol. The van der Waals surface area contributed by atoms with Gasteiger partial charge in [0.1, 0.15) is 11.6 Å². The number of nitrogens with zero attached hydrogens (tertiary/aromatic N) is 1. The number of hydrogen-bond donors (Lipinski definition) is 1. The van der Waals surface area contributed by atoms with E-state index in [4.69, 9.17) is 0 Å². The SMILES string of the molecule is CC(C)C1C(=O)NC2(CCCC2)C(=O)N1CC1CCCS1. The first-order chi connectivity index (χ1) is 10.0. The highest BCUT2D eigenvalue weighted by Gasteiger charge is 2.52. The number of carbonyl (C=O) groups is 2. The van der Waals surface area contributed by atoms with Gasteiger partial charge in [-0.15, -0.1) is 0 Å². The highest BCUT2D eigenvalue weighted by atomic mass is 32.2. The number of piperazine rings is 1. The zero-order valence-electron chi connectivity index (χ0n) is 13.1. The van der Waals surface area contributed by atoms with Crippen LogP contribution < -0.4 is 5.32 Å². The van der Waals surface area contributed by atoms with E-state index in [-0.39, 0.29) is 23.8 Å². The molecule has 5 heteroatoms. The zero-order valence-corrected chi connectivity index (χ0v) is 13.9. The third-order valence-electron chi connectivity index (χ3n) is 5.15. The first kappa shape index (κ1) is 15.2. The van der Waals surface area contributed by atoms with Crippen LogP contribution in [0.1, 0.15) is 52.4 Å². The standard InChI is InChI=1S/C16H26N2O2S/c1-11(2)13-14(19)17-16(7-3-4-8-16)15(20)18(13)10-12-6-5-9-21-12/h11-13H,3-10H2,1-2H3,(H,17,19). The van der Waals surface area contributed by atoms with Crippen LogP contribution in [-0.4, -0.2) is 45.8 Å². The Balaban J connectivity index is 1.85. The Kier molecular flexibility index (Phi) is 4.21. The van der Waals surface area contributed by atoms with Crippen molar-refractivity contribution in [3.05, 3.63) is 0 Å². The maximum atomic E-state index is 13.1. The number of rotatable bonds is 3. The third kappa shape index (κ3) is 2.69. The Hall–Kier alpha value is -0.710. The minimum absolute atomic E-state index is 0.0643. The molecule has 2 unspecified atom stereocenters. The van der Waals surface area contributed by atoms with Gasteiger partial charge in [0.15, 0.2) is 0 Å². The third-order valence-corrected chi connectivity index (χ3v) is 6.53. The molecule has 3 fully saturated rings. The van der Waals surface area contributed by atoms with Crippen LogP contribution in [0.15, 0.2) is 0 Å². The molecule has 21 heavy (non-hydrogen) atoms. The quantitative estimate of drug-likeness (QED) is 0.869. The summed E-state index contributed by atoms with van der Waals surface area (Å²) in [5.74, 6) is 1.61. The zero-order chi connectivity index (χ0) is 15.0. The maximum absolute atomic E-state index is 13.1. The molecule has 1 saturated carbocycles. The summed E-state index contributed by atoms with van der Waals surface area (Å²) in [6.07, 6.45) is 6.14. The number of hydrogen-bond acceptors (Lipinski definition) is 3. The summed E-state index contributed by atoms with van der Waals surface area (Å²) >= 11 is 1.96. The summed E-state index contributed by atoms with van der Waals surface area (Å²) in [6, 6.07) is -0.287. The van der Waals surface area contributed by atoms with E-state index in [1.165, 1.54) is 18.6 Å². The number of amides is 2. The summed E-state index contributed by atoms with van der Waals surface area (Å²) in [4.78, 5) is 27.6. The predicted octanol–water partition coefficient (Wildman–Crippen LogP) is 2.18. The van der Waals surface area contributed by atoms with Gasteiger partial charge >= 0.3 is 0 Å². The Morgan fingerprint density at radius 1 is 1.29 bits per heavy atom. The molecule has 0 aromatic carbocycles. The van der Waals surface area contributed by atoms with Gasteiger partial charge in [0, 0.05) is 11.8 Å². The molecule has 0 radical (unpaired) electrons. The first-order valence-electron chi connectivity index (χ1n) is 8.28. The van der Waals surface area contributed by atoms with E-state index in [0.29, 0.717) is 5.25 Å².